The highest BCUT2D eigenvalue weighted by molar-refractivity contribution is 7.99. The number of carbonyl (C=O) groups excluding carboxylic acids is 2. The predicted molar refractivity (Wildman–Crippen MR) is 127 cm³/mol. The number of fused-ring (bicyclic) bond motifs is 3. The lowest BCUT2D eigenvalue weighted by Gasteiger charge is -2.36. The van der Waals surface area contributed by atoms with Gasteiger partial charge >= 0.3 is 12.1 Å². The molecule has 0 radical (unpaired) electrons. The lowest BCUT2D eigenvalue weighted by atomic mass is 9.98. The number of hydrogen-bond acceptors (Lipinski definition) is 5. The number of carboxylic acid groups (broad SMARTS) is 1. The van der Waals surface area contributed by atoms with E-state index in [1.165, 1.54) is 0 Å². The number of rotatable bonds is 7. The molecule has 0 bridgehead atoms. The maximum absolute atomic E-state index is 13.1. The van der Waals surface area contributed by atoms with Gasteiger partial charge in [0.15, 0.2) is 0 Å². The van der Waals surface area contributed by atoms with Crippen molar-refractivity contribution >= 4 is 29.7 Å². The number of amides is 2. The molecule has 7 nitrogen and oxygen atoms in total. The number of nitrogens with one attached hydrogen (secondary N) is 1. The Balaban J connectivity index is 1.40. The van der Waals surface area contributed by atoms with E-state index in [0.717, 1.165) is 28.0 Å². The van der Waals surface area contributed by atoms with Gasteiger partial charge in [-0.3, -0.25) is 9.59 Å². The van der Waals surface area contributed by atoms with Gasteiger partial charge in [0.05, 0.1) is 12.5 Å². The second-order valence-electron chi connectivity index (χ2n) is 8.29. The number of hydrogen-bond donors (Lipinski definition) is 2. The van der Waals surface area contributed by atoms with Gasteiger partial charge < -0.3 is 20.1 Å². The highest BCUT2D eigenvalue weighted by atomic mass is 32.2. The van der Waals surface area contributed by atoms with E-state index >= 15 is 0 Å². The third kappa shape index (κ3) is 5.00. The van der Waals surface area contributed by atoms with E-state index in [1.54, 1.807) is 16.7 Å². The fourth-order valence-electron chi connectivity index (χ4n) is 4.64. The Hall–Kier alpha value is -3.00. The molecular formula is C25H28N2O5S. The first kappa shape index (κ1) is 23.2. The van der Waals surface area contributed by atoms with Crippen LogP contribution in [0.2, 0.25) is 0 Å². The van der Waals surface area contributed by atoms with Crippen LogP contribution in [0.25, 0.3) is 11.1 Å². The van der Waals surface area contributed by atoms with Crippen LogP contribution in [0.4, 0.5) is 4.79 Å². The van der Waals surface area contributed by atoms with Crippen LogP contribution in [-0.2, 0) is 14.3 Å². The van der Waals surface area contributed by atoms with Crippen molar-refractivity contribution in [3.63, 3.8) is 0 Å². The van der Waals surface area contributed by atoms with Gasteiger partial charge in [-0.25, -0.2) is 4.79 Å². The van der Waals surface area contributed by atoms with Crippen LogP contribution in [0.3, 0.4) is 0 Å². The van der Waals surface area contributed by atoms with Crippen LogP contribution in [0.15, 0.2) is 48.5 Å². The number of carboxylic acids is 1. The van der Waals surface area contributed by atoms with Crippen LogP contribution in [0.5, 0.6) is 0 Å². The van der Waals surface area contributed by atoms with Crippen molar-refractivity contribution in [2.24, 2.45) is 0 Å². The number of ether oxygens (including phenoxy) is 1. The molecule has 1 saturated heterocycles. The van der Waals surface area contributed by atoms with Crippen LogP contribution < -0.4 is 5.32 Å². The summed E-state index contributed by atoms with van der Waals surface area (Å²) in [4.78, 5) is 38.5. The highest BCUT2D eigenvalue weighted by Gasteiger charge is 2.34. The lowest BCUT2D eigenvalue weighted by molar-refractivity contribution is -0.141. The molecular weight excluding hydrogens is 440 g/mol. The molecule has 2 N–H and O–H groups in total. The van der Waals surface area contributed by atoms with Gasteiger partial charge in [0, 0.05) is 24.0 Å². The van der Waals surface area contributed by atoms with Crippen LogP contribution in [0.1, 0.15) is 36.8 Å². The first-order valence-corrected chi connectivity index (χ1v) is 12.4. The summed E-state index contributed by atoms with van der Waals surface area (Å²) in [6.07, 6.45) is -0.342. The summed E-state index contributed by atoms with van der Waals surface area (Å²) in [6.45, 7) is 2.47. The minimum Gasteiger partial charge on any atom is -0.481 e. The van der Waals surface area contributed by atoms with Crippen molar-refractivity contribution in [3.05, 3.63) is 59.7 Å². The van der Waals surface area contributed by atoms with Crippen molar-refractivity contribution in [2.75, 3.05) is 24.7 Å². The maximum atomic E-state index is 13.1. The topological polar surface area (TPSA) is 95.9 Å². The van der Waals surface area contributed by atoms with Gasteiger partial charge in [-0.2, -0.15) is 11.8 Å². The molecule has 0 spiro atoms. The average molecular weight is 469 g/mol. The minimum atomic E-state index is -0.933. The first-order chi connectivity index (χ1) is 16.0. The molecule has 4 rings (SSSR count). The van der Waals surface area contributed by atoms with Crippen LogP contribution >= 0.6 is 11.8 Å². The van der Waals surface area contributed by atoms with Gasteiger partial charge in [0.25, 0.3) is 0 Å². The quantitative estimate of drug-likeness (QED) is 0.643. The van der Waals surface area contributed by atoms with Crippen LogP contribution in [-0.4, -0.2) is 64.7 Å². The molecule has 33 heavy (non-hydrogen) atoms. The number of alkyl carbamates (subject to hydrolysis) is 1. The summed E-state index contributed by atoms with van der Waals surface area (Å²) in [5, 5.41) is 11.9. The fourth-order valence-corrected chi connectivity index (χ4v) is 5.70. The zero-order chi connectivity index (χ0) is 23.4. The van der Waals surface area contributed by atoms with Crippen molar-refractivity contribution in [2.45, 2.75) is 37.8 Å². The summed E-state index contributed by atoms with van der Waals surface area (Å²) < 4.78 is 5.58. The maximum Gasteiger partial charge on any atom is 0.407 e. The zero-order valence-electron chi connectivity index (χ0n) is 18.5. The summed E-state index contributed by atoms with van der Waals surface area (Å²) in [5.74, 6) is 0.0937. The second kappa shape index (κ2) is 10.3. The lowest BCUT2D eigenvalue weighted by Crippen LogP contribution is -2.55. The Labute approximate surface area is 197 Å². The number of thioether (sulfide) groups is 1. The van der Waals surface area contributed by atoms with E-state index in [-0.39, 0.29) is 30.9 Å². The van der Waals surface area contributed by atoms with Gasteiger partial charge in [0.1, 0.15) is 12.6 Å². The molecule has 2 aromatic carbocycles. The Morgan fingerprint density at radius 2 is 1.76 bits per heavy atom. The molecule has 1 heterocycles. The molecule has 1 fully saturated rings. The zero-order valence-corrected chi connectivity index (χ0v) is 19.3. The molecule has 8 heteroatoms. The van der Waals surface area contributed by atoms with E-state index in [9.17, 15) is 19.5 Å². The molecule has 1 aliphatic heterocycles. The number of benzene rings is 2. The normalized spacial score (nSPS) is 18.2. The highest BCUT2D eigenvalue weighted by Crippen LogP contribution is 2.44. The molecule has 0 saturated carbocycles. The van der Waals surface area contributed by atoms with Crippen molar-refractivity contribution < 1.29 is 24.2 Å². The number of carbonyl (C=O) groups is 3. The Morgan fingerprint density at radius 1 is 1.12 bits per heavy atom. The van der Waals surface area contributed by atoms with Crippen LogP contribution in [0, 0.1) is 0 Å². The van der Waals surface area contributed by atoms with Gasteiger partial charge in [-0.05, 0) is 28.7 Å². The van der Waals surface area contributed by atoms with Crippen molar-refractivity contribution in [1.82, 2.24) is 10.2 Å². The molecule has 2 atom stereocenters. The van der Waals surface area contributed by atoms with Crippen molar-refractivity contribution in [1.29, 1.82) is 0 Å². The predicted octanol–water partition coefficient (Wildman–Crippen LogP) is 3.72. The van der Waals surface area contributed by atoms with E-state index in [4.69, 9.17) is 4.74 Å². The molecule has 2 amide bonds. The van der Waals surface area contributed by atoms with E-state index in [0.29, 0.717) is 18.7 Å². The molecule has 1 aliphatic carbocycles. The van der Waals surface area contributed by atoms with E-state index in [1.807, 2.05) is 31.2 Å². The van der Waals surface area contributed by atoms with Gasteiger partial charge in [-0.1, -0.05) is 55.5 Å². The van der Waals surface area contributed by atoms with Gasteiger partial charge in [-0.15, -0.1) is 0 Å². The largest absolute Gasteiger partial charge is 0.481 e. The monoisotopic (exact) mass is 468 g/mol. The number of aliphatic carboxylic acids is 1. The average Bonchev–Trinajstić information content (AvgIpc) is 3.14. The fraction of sp³-hybridized carbons (Fsp3) is 0.400. The Morgan fingerprint density at radius 3 is 2.36 bits per heavy atom. The summed E-state index contributed by atoms with van der Waals surface area (Å²) in [5.41, 5.74) is 4.54. The molecule has 0 aromatic heterocycles. The van der Waals surface area contributed by atoms with Gasteiger partial charge in [0.2, 0.25) is 5.91 Å². The third-order valence-corrected chi connectivity index (χ3v) is 7.35. The summed E-state index contributed by atoms with van der Waals surface area (Å²) in [7, 11) is 0. The second-order valence-corrected chi connectivity index (χ2v) is 9.44. The van der Waals surface area contributed by atoms with E-state index in [2.05, 4.69) is 29.6 Å². The smallest absolute Gasteiger partial charge is 0.407 e. The minimum absolute atomic E-state index is 0.0574. The SMILES string of the molecule is CC[C@@H](NC(=O)OCC1c2ccccc2-c2ccccc21)C(=O)N1CCSCC1CC(=O)O. The molecule has 2 aliphatic rings. The third-order valence-electron chi connectivity index (χ3n) is 6.26. The van der Waals surface area contributed by atoms with E-state index < -0.39 is 18.1 Å². The Bertz CT molecular complexity index is 997. The Kier molecular flexibility index (Phi) is 7.23. The first-order valence-electron chi connectivity index (χ1n) is 11.2. The molecule has 1 unspecified atom stereocenters. The number of nitrogens with zero attached hydrogens (tertiary/aromatic N) is 1. The molecule has 174 valence electrons. The summed E-state index contributed by atoms with van der Waals surface area (Å²) >= 11 is 1.64. The molecule has 2 aromatic rings. The standard InChI is InChI=1S/C25H28N2O5S/c1-2-22(24(30)27-11-12-33-15-16(27)13-23(28)29)26-25(31)32-14-21-19-9-5-3-7-17(19)18-8-4-6-10-20(18)21/h3-10,16,21-22H,2,11-15H2,1H3,(H,26,31)(H,28,29)/t16?,22-/m1/s1. The summed E-state index contributed by atoms with van der Waals surface area (Å²) in [6, 6.07) is 15.1. The van der Waals surface area contributed by atoms with Crippen molar-refractivity contribution in [3.8, 4) is 11.1 Å².